The van der Waals surface area contributed by atoms with Crippen LogP contribution in [0.5, 0.6) is 0 Å². The number of likely N-dealkylation sites (tertiary alicyclic amines) is 1. The molecule has 0 amide bonds. The molecule has 0 N–H and O–H groups in total. The number of nitrogens with zero attached hydrogens (tertiary/aromatic N) is 5. The molecule has 7 heteroatoms. The Morgan fingerprint density at radius 1 is 1.07 bits per heavy atom. The lowest BCUT2D eigenvalue weighted by atomic mass is 10.1. The third-order valence-electron chi connectivity index (χ3n) is 5.55. The predicted octanol–water partition coefficient (Wildman–Crippen LogP) is 5.12. The lowest BCUT2D eigenvalue weighted by Crippen LogP contribution is -2.33. The lowest BCUT2D eigenvalue weighted by Gasteiger charge is -2.31. The van der Waals surface area contributed by atoms with Gasteiger partial charge >= 0.3 is 0 Å². The number of thioether (sulfide) groups is 1. The smallest absolute Gasteiger partial charge is 0.196 e. The zero-order chi connectivity index (χ0) is 20.9. The van der Waals surface area contributed by atoms with E-state index in [9.17, 15) is 9.65 Å². The Bertz CT molecular complexity index is 1030. The van der Waals surface area contributed by atoms with E-state index < -0.39 is 0 Å². The van der Waals surface area contributed by atoms with Crippen molar-refractivity contribution in [1.82, 2.24) is 19.7 Å². The van der Waals surface area contributed by atoms with Crippen LogP contribution in [0.25, 0.3) is 5.69 Å². The average molecular weight is 422 g/mol. The van der Waals surface area contributed by atoms with Crippen molar-refractivity contribution in [3.63, 3.8) is 0 Å². The fourth-order valence-electron chi connectivity index (χ4n) is 3.84. The molecule has 1 atom stereocenters. The van der Waals surface area contributed by atoms with Gasteiger partial charge in [0, 0.05) is 11.4 Å². The van der Waals surface area contributed by atoms with Gasteiger partial charge in [-0.1, -0.05) is 36.4 Å². The molecule has 0 bridgehead atoms. The molecule has 3 aromatic rings. The van der Waals surface area contributed by atoms with E-state index in [1.165, 1.54) is 43.2 Å². The molecule has 0 radical (unpaired) electrons. The number of benzene rings is 2. The van der Waals surface area contributed by atoms with Crippen LogP contribution in [0, 0.1) is 17.1 Å². The van der Waals surface area contributed by atoms with E-state index in [4.69, 9.17) is 0 Å². The summed E-state index contributed by atoms with van der Waals surface area (Å²) in [5.74, 6) is 1.20. The minimum Gasteiger partial charge on any atom is -0.294 e. The van der Waals surface area contributed by atoms with Crippen molar-refractivity contribution in [3.8, 4) is 11.8 Å². The summed E-state index contributed by atoms with van der Waals surface area (Å²) < 4.78 is 15.6. The fourth-order valence-corrected chi connectivity index (χ4v) is 4.81. The minimum absolute atomic E-state index is 0.114. The summed E-state index contributed by atoms with van der Waals surface area (Å²) in [5.41, 5.74) is 2.47. The van der Waals surface area contributed by atoms with Crippen LogP contribution in [-0.2, 0) is 5.75 Å². The zero-order valence-corrected chi connectivity index (χ0v) is 17.8. The van der Waals surface area contributed by atoms with Crippen LogP contribution in [0.3, 0.4) is 0 Å². The Morgan fingerprint density at radius 2 is 1.80 bits per heavy atom. The highest BCUT2D eigenvalue weighted by atomic mass is 32.2. The third-order valence-corrected chi connectivity index (χ3v) is 6.53. The second kappa shape index (κ2) is 9.41. The highest BCUT2D eigenvalue weighted by Crippen LogP contribution is 2.31. The van der Waals surface area contributed by atoms with Crippen molar-refractivity contribution >= 4 is 11.8 Å². The van der Waals surface area contributed by atoms with Gasteiger partial charge in [0.15, 0.2) is 11.0 Å². The Hall–Kier alpha value is -2.69. The maximum atomic E-state index is 13.5. The summed E-state index contributed by atoms with van der Waals surface area (Å²) in [6.07, 6.45) is 3.66. The summed E-state index contributed by atoms with van der Waals surface area (Å²) in [4.78, 5) is 2.44. The number of halogens is 1. The molecule has 1 aromatic heterocycles. The van der Waals surface area contributed by atoms with E-state index in [2.05, 4.69) is 28.1 Å². The molecule has 1 fully saturated rings. The summed E-state index contributed by atoms with van der Waals surface area (Å²) in [7, 11) is 0. The van der Waals surface area contributed by atoms with Gasteiger partial charge in [0.2, 0.25) is 0 Å². The summed E-state index contributed by atoms with van der Waals surface area (Å²) in [5, 5.41) is 19.1. The Labute approximate surface area is 180 Å². The van der Waals surface area contributed by atoms with Crippen LogP contribution in [0.1, 0.15) is 49.2 Å². The van der Waals surface area contributed by atoms with Crippen LogP contribution in [0.4, 0.5) is 4.39 Å². The Kier molecular flexibility index (Phi) is 6.46. The molecule has 2 aromatic carbocycles. The van der Waals surface area contributed by atoms with Crippen LogP contribution >= 0.6 is 11.8 Å². The second-order valence-electron chi connectivity index (χ2n) is 7.48. The average Bonchev–Trinajstić information content (AvgIpc) is 3.22. The lowest BCUT2D eigenvalue weighted by molar-refractivity contribution is 0.167. The van der Waals surface area contributed by atoms with E-state index in [1.54, 1.807) is 12.1 Å². The van der Waals surface area contributed by atoms with Crippen LogP contribution in [-0.4, -0.2) is 32.8 Å². The van der Waals surface area contributed by atoms with Gasteiger partial charge < -0.3 is 0 Å². The van der Waals surface area contributed by atoms with Crippen molar-refractivity contribution < 1.29 is 4.39 Å². The topological polar surface area (TPSA) is 57.7 Å². The molecule has 30 heavy (non-hydrogen) atoms. The minimum atomic E-state index is -0.269. The Morgan fingerprint density at radius 3 is 2.53 bits per heavy atom. The monoisotopic (exact) mass is 421 g/mol. The Balaban J connectivity index is 1.67. The molecule has 0 spiro atoms. The standard InChI is InChI=1S/C23H24FN5S/c1-17(28-13-5-2-6-14-28)22-26-27-23(29(22)21-11-9-20(24)10-12-21)30-16-19-8-4-3-7-18(19)15-25/h3-4,7-12,17H,2,5-6,13-14,16H2,1H3/t17-/m1/s1. The SMILES string of the molecule is C[C@H](c1nnc(SCc2ccccc2C#N)n1-c1ccc(F)cc1)N1CCCCC1. The molecule has 2 heterocycles. The number of hydrogen-bond acceptors (Lipinski definition) is 5. The van der Waals surface area contributed by atoms with E-state index in [-0.39, 0.29) is 11.9 Å². The van der Waals surface area contributed by atoms with Gasteiger partial charge in [-0.2, -0.15) is 5.26 Å². The van der Waals surface area contributed by atoms with Gasteiger partial charge in [-0.3, -0.25) is 9.47 Å². The third kappa shape index (κ3) is 4.40. The van der Waals surface area contributed by atoms with Crippen LogP contribution in [0.15, 0.2) is 53.7 Å². The van der Waals surface area contributed by atoms with Crippen LogP contribution < -0.4 is 0 Å². The first kappa shape index (κ1) is 20.6. The summed E-state index contributed by atoms with van der Waals surface area (Å²) in [6.45, 7) is 4.26. The van der Waals surface area contributed by atoms with Gasteiger partial charge in [-0.25, -0.2) is 4.39 Å². The molecule has 1 saturated heterocycles. The number of hydrogen-bond donors (Lipinski definition) is 0. The maximum Gasteiger partial charge on any atom is 0.196 e. The van der Waals surface area contributed by atoms with Crippen molar-refractivity contribution in [1.29, 1.82) is 5.26 Å². The van der Waals surface area contributed by atoms with Crippen molar-refractivity contribution in [3.05, 3.63) is 71.3 Å². The molecular formula is C23H24FN5S. The fraction of sp³-hybridized carbons (Fsp3) is 0.348. The molecule has 4 rings (SSSR count). The number of rotatable bonds is 6. The first-order chi connectivity index (χ1) is 14.7. The molecule has 1 aliphatic rings. The molecule has 5 nitrogen and oxygen atoms in total. The number of aromatic nitrogens is 3. The van der Waals surface area contributed by atoms with Gasteiger partial charge in [0.05, 0.1) is 17.7 Å². The highest BCUT2D eigenvalue weighted by Gasteiger charge is 2.25. The quantitative estimate of drug-likeness (QED) is 0.517. The van der Waals surface area contributed by atoms with Crippen LogP contribution in [0.2, 0.25) is 0 Å². The summed E-state index contributed by atoms with van der Waals surface area (Å²) >= 11 is 1.54. The van der Waals surface area contributed by atoms with Gasteiger partial charge in [0.1, 0.15) is 5.82 Å². The zero-order valence-electron chi connectivity index (χ0n) is 17.0. The first-order valence-electron chi connectivity index (χ1n) is 10.2. The van der Waals surface area contributed by atoms with Crippen molar-refractivity contribution in [2.45, 2.75) is 43.1 Å². The van der Waals surface area contributed by atoms with E-state index in [0.717, 1.165) is 35.3 Å². The largest absolute Gasteiger partial charge is 0.294 e. The van der Waals surface area contributed by atoms with E-state index in [1.807, 2.05) is 28.8 Å². The van der Waals surface area contributed by atoms with Gasteiger partial charge in [0.25, 0.3) is 0 Å². The predicted molar refractivity (Wildman–Crippen MR) is 116 cm³/mol. The van der Waals surface area contributed by atoms with Crippen molar-refractivity contribution in [2.24, 2.45) is 0 Å². The molecular weight excluding hydrogens is 397 g/mol. The maximum absolute atomic E-state index is 13.5. The van der Waals surface area contributed by atoms with E-state index in [0.29, 0.717) is 11.3 Å². The molecule has 0 unspecified atom stereocenters. The first-order valence-corrected chi connectivity index (χ1v) is 11.2. The molecule has 1 aliphatic heterocycles. The second-order valence-corrected chi connectivity index (χ2v) is 8.43. The summed E-state index contributed by atoms with van der Waals surface area (Å²) in [6, 6.07) is 16.4. The van der Waals surface area contributed by atoms with Gasteiger partial charge in [-0.15, -0.1) is 10.2 Å². The molecule has 0 saturated carbocycles. The van der Waals surface area contributed by atoms with E-state index >= 15 is 0 Å². The van der Waals surface area contributed by atoms with Crippen molar-refractivity contribution in [2.75, 3.05) is 13.1 Å². The highest BCUT2D eigenvalue weighted by molar-refractivity contribution is 7.98. The number of nitriles is 1. The molecule has 0 aliphatic carbocycles. The number of piperidine rings is 1. The molecule has 154 valence electrons. The van der Waals surface area contributed by atoms with Gasteiger partial charge in [-0.05, 0) is 68.8 Å². The normalized spacial score (nSPS) is 15.6.